The molecule has 5 nitrogen and oxygen atoms in total. The van der Waals surface area contributed by atoms with E-state index in [1.807, 2.05) is 96.4 Å². The minimum atomic E-state index is -0.205. The van der Waals surface area contributed by atoms with E-state index >= 15 is 0 Å². The van der Waals surface area contributed by atoms with E-state index in [1.54, 1.807) is 0 Å². The third-order valence-corrected chi connectivity index (χ3v) is 5.51. The van der Waals surface area contributed by atoms with Crippen LogP contribution in [0.15, 0.2) is 84.9 Å². The Hall–Kier alpha value is -3.51. The zero-order chi connectivity index (χ0) is 21.6. The lowest BCUT2D eigenvalue weighted by Gasteiger charge is -2.20. The number of aryl methyl sites for hydroxylation is 1. The minimum Gasteiger partial charge on any atom is -0.345 e. The molecule has 0 unspecified atom stereocenters. The highest BCUT2D eigenvalue weighted by Crippen LogP contribution is 2.22. The predicted molar refractivity (Wildman–Crippen MR) is 125 cm³/mol. The summed E-state index contributed by atoms with van der Waals surface area (Å²) in [5, 5.41) is 10.4. The molecule has 0 atom stereocenters. The van der Waals surface area contributed by atoms with Gasteiger partial charge in [0.05, 0.1) is 6.04 Å². The van der Waals surface area contributed by atoms with E-state index in [0.29, 0.717) is 17.7 Å². The van der Waals surface area contributed by atoms with Gasteiger partial charge in [0.1, 0.15) is 0 Å². The van der Waals surface area contributed by atoms with Crippen molar-refractivity contribution >= 4 is 18.1 Å². The van der Waals surface area contributed by atoms with Crippen LogP contribution in [0.25, 0.3) is 11.4 Å². The Balaban J connectivity index is 1.50. The molecular formula is C25H24N4OS. The topological polar surface area (TPSA) is 62.7 Å². The van der Waals surface area contributed by atoms with E-state index in [9.17, 15) is 4.79 Å². The van der Waals surface area contributed by atoms with E-state index in [0.717, 1.165) is 22.5 Å². The van der Waals surface area contributed by atoms with E-state index in [2.05, 4.69) is 15.5 Å². The summed E-state index contributed by atoms with van der Waals surface area (Å²) in [6, 6.07) is 27.9. The van der Waals surface area contributed by atoms with Crippen molar-refractivity contribution in [3.05, 3.63) is 106 Å². The molecule has 0 bridgehead atoms. The maximum atomic E-state index is 12.9. The van der Waals surface area contributed by atoms with E-state index in [1.165, 1.54) is 5.56 Å². The lowest BCUT2D eigenvalue weighted by atomic mass is 9.98. The highest BCUT2D eigenvalue weighted by molar-refractivity contribution is 7.71. The van der Waals surface area contributed by atoms with E-state index < -0.39 is 0 Å². The molecule has 4 aromatic rings. The van der Waals surface area contributed by atoms with Crippen molar-refractivity contribution in [2.45, 2.75) is 25.9 Å². The first kappa shape index (κ1) is 20.8. The Morgan fingerprint density at radius 1 is 0.968 bits per heavy atom. The highest BCUT2D eigenvalue weighted by Gasteiger charge is 2.17. The highest BCUT2D eigenvalue weighted by atomic mass is 32.1. The molecule has 0 saturated carbocycles. The maximum Gasteiger partial charge on any atom is 0.222 e. The Bertz CT molecular complexity index is 1160. The van der Waals surface area contributed by atoms with Gasteiger partial charge in [-0.25, -0.2) is 0 Å². The van der Waals surface area contributed by atoms with Crippen molar-refractivity contribution in [1.29, 1.82) is 0 Å². The number of carbonyl (C=O) groups excluding carboxylic acids is 1. The summed E-state index contributed by atoms with van der Waals surface area (Å²) in [7, 11) is 0. The fourth-order valence-corrected chi connectivity index (χ4v) is 3.77. The van der Waals surface area contributed by atoms with Crippen molar-refractivity contribution in [3.63, 3.8) is 0 Å². The molecule has 0 spiro atoms. The largest absolute Gasteiger partial charge is 0.345 e. The monoisotopic (exact) mass is 428 g/mol. The number of H-pyrrole nitrogens is 1. The number of carbonyl (C=O) groups is 1. The normalized spacial score (nSPS) is 10.9. The van der Waals surface area contributed by atoms with Crippen LogP contribution in [0, 0.1) is 11.7 Å². The predicted octanol–water partition coefficient (Wildman–Crippen LogP) is 5.21. The number of amides is 1. The molecule has 1 aromatic heterocycles. The first-order chi connectivity index (χ1) is 15.1. The van der Waals surface area contributed by atoms with Crippen molar-refractivity contribution < 1.29 is 4.79 Å². The van der Waals surface area contributed by atoms with E-state index in [-0.39, 0.29) is 11.9 Å². The molecule has 3 aromatic carbocycles. The Labute approximate surface area is 186 Å². The molecule has 0 saturated heterocycles. The number of hydrogen-bond acceptors (Lipinski definition) is 3. The van der Waals surface area contributed by atoms with Gasteiger partial charge in [-0.2, -0.15) is 5.10 Å². The summed E-state index contributed by atoms with van der Waals surface area (Å²) >= 11 is 5.40. The molecule has 6 heteroatoms. The van der Waals surface area contributed by atoms with Crippen LogP contribution in [0.1, 0.15) is 29.2 Å². The first-order valence-corrected chi connectivity index (χ1v) is 10.6. The Morgan fingerprint density at radius 2 is 1.55 bits per heavy atom. The molecular weight excluding hydrogens is 404 g/mol. The van der Waals surface area contributed by atoms with Crippen molar-refractivity contribution in [2.75, 3.05) is 0 Å². The molecule has 156 valence electrons. The summed E-state index contributed by atoms with van der Waals surface area (Å²) in [5.74, 6) is 0.691. The van der Waals surface area contributed by atoms with Gasteiger partial charge in [0.15, 0.2) is 10.6 Å². The van der Waals surface area contributed by atoms with Crippen LogP contribution >= 0.6 is 12.2 Å². The van der Waals surface area contributed by atoms with Gasteiger partial charge in [-0.05, 0) is 30.3 Å². The summed E-state index contributed by atoms with van der Waals surface area (Å²) in [5.41, 5.74) is 4.23. The SMILES string of the molecule is Cc1ccc(-c2n[nH]c(=S)n2CCC(=O)NC(c2ccccc2)c2ccccc2)cc1. The second-order valence-corrected chi connectivity index (χ2v) is 7.83. The molecule has 0 aliphatic rings. The first-order valence-electron chi connectivity index (χ1n) is 10.2. The molecule has 1 heterocycles. The third kappa shape index (κ3) is 4.98. The molecule has 0 aliphatic carbocycles. The average Bonchev–Trinajstić information content (AvgIpc) is 3.18. The zero-order valence-electron chi connectivity index (χ0n) is 17.3. The van der Waals surface area contributed by atoms with Crippen LogP contribution in [0.2, 0.25) is 0 Å². The van der Waals surface area contributed by atoms with Gasteiger partial charge in [0.2, 0.25) is 5.91 Å². The van der Waals surface area contributed by atoms with Crippen molar-refractivity contribution in [2.24, 2.45) is 0 Å². The number of benzene rings is 3. The van der Waals surface area contributed by atoms with Crippen LogP contribution in [0.3, 0.4) is 0 Å². The van der Waals surface area contributed by atoms with Gasteiger partial charge in [-0.1, -0.05) is 90.5 Å². The van der Waals surface area contributed by atoms with Crippen molar-refractivity contribution in [3.8, 4) is 11.4 Å². The number of rotatable bonds is 7. The number of nitrogens with one attached hydrogen (secondary N) is 2. The van der Waals surface area contributed by atoms with Gasteiger partial charge in [-0.3, -0.25) is 14.5 Å². The molecule has 2 N–H and O–H groups in total. The van der Waals surface area contributed by atoms with Crippen LogP contribution in [0.5, 0.6) is 0 Å². The van der Waals surface area contributed by atoms with Gasteiger partial charge in [-0.15, -0.1) is 0 Å². The summed E-state index contributed by atoms with van der Waals surface area (Å²) in [4.78, 5) is 12.9. The van der Waals surface area contributed by atoms with Crippen LogP contribution in [-0.4, -0.2) is 20.7 Å². The van der Waals surface area contributed by atoms with Crippen LogP contribution in [0.4, 0.5) is 0 Å². The van der Waals surface area contributed by atoms with Crippen molar-refractivity contribution in [1.82, 2.24) is 20.1 Å². The van der Waals surface area contributed by atoms with Crippen LogP contribution < -0.4 is 5.32 Å². The minimum absolute atomic E-state index is 0.0457. The Kier molecular flexibility index (Phi) is 6.38. The molecule has 0 fully saturated rings. The quantitative estimate of drug-likeness (QED) is 0.397. The standard InChI is InChI=1S/C25H24N4OS/c1-18-12-14-21(15-13-18)24-27-28-25(31)29(24)17-16-22(30)26-23(19-8-4-2-5-9-19)20-10-6-3-7-11-20/h2-15,23H,16-17H2,1H3,(H,26,30)(H,28,31). The summed E-state index contributed by atoms with van der Waals surface area (Å²) < 4.78 is 2.38. The van der Waals surface area contributed by atoms with Crippen LogP contribution in [-0.2, 0) is 11.3 Å². The van der Waals surface area contributed by atoms with E-state index in [4.69, 9.17) is 12.2 Å². The fourth-order valence-electron chi connectivity index (χ4n) is 3.54. The lowest BCUT2D eigenvalue weighted by Crippen LogP contribution is -2.30. The number of nitrogens with zero attached hydrogens (tertiary/aromatic N) is 2. The fraction of sp³-hybridized carbons (Fsp3) is 0.160. The summed E-state index contributed by atoms with van der Waals surface area (Å²) in [6.45, 7) is 2.49. The Morgan fingerprint density at radius 3 is 2.13 bits per heavy atom. The zero-order valence-corrected chi connectivity index (χ0v) is 18.1. The molecule has 1 amide bonds. The van der Waals surface area contributed by atoms with Gasteiger partial charge >= 0.3 is 0 Å². The summed E-state index contributed by atoms with van der Waals surface area (Å²) in [6.07, 6.45) is 0.295. The smallest absolute Gasteiger partial charge is 0.222 e. The maximum absolute atomic E-state index is 12.9. The van der Waals surface area contributed by atoms with Gasteiger partial charge in [0.25, 0.3) is 0 Å². The molecule has 31 heavy (non-hydrogen) atoms. The van der Waals surface area contributed by atoms with Gasteiger partial charge in [0, 0.05) is 18.5 Å². The average molecular weight is 429 g/mol. The number of aromatic nitrogens is 3. The number of hydrogen-bond donors (Lipinski definition) is 2. The number of aromatic amines is 1. The third-order valence-electron chi connectivity index (χ3n) is 5.20. The molecule has 0 radical (unpaired) electrons. The van der Waals surface area contributed by atoms with Gasteiger partial charge < -0.3 is 5.32 Å². The molecule has 0 aliphatic heterocycles. The molecule has 4 rings (SSSR count). The second-order valence-electron chi connectivity index (χ2n) is 7.44. The second kappa shape index (κ2) is 9.53. The lowest BCUT2D eigenvalue weighted by molar-refractivity contribution is -0.121.